The molecule has 0 amide bonds. The van der Waals surface area contributed by atoms with Gasteiger partial charge in [0.05, 0.1) is 12.2 Å². The summed E-state index contributed by atoms with van der Waals surface area (Å²) in [5, 5.41) is 0. The molecule has 2 heteroatoms. The number of hydrogen-bond donors (Lipinski definition) is 0. The number of hydrogen-bond acceptors (Lipinski definition) is 2. The number of methoxy groups -OCH3 is 2. The summed E-state index contributed by atoms with van der Waals surface area (Å²) in [7, 11) is 3.89. The first-order valence-electron chi connectivity index (χ1n) is 10.4. The summed E-state index contributed by atoms with van der Waals surface area (Å²) in [5.74, 6) is 3.61. The second-order valence-corrected chi connectivity index (χ2v) is 8.61. The lowest BCUT2D eigenvalue weighted by molar-refractivity contribution is 0.0334. The quantitative estimate of drug-likeness (QED) is 0.671. The Balaban J connectivity index is 1.69. The molecule has 4 unspecified atom stereocenters. The second kappa shape index (κ2) is 8.85. The molecule has 23 heavy (non-hydrogen) atoms. The van der Waals surface area contributed by atoms with Crippen LogP contribution in [0.15, 0.2) is 0 Å². The summed E-state index contributed by atoms with van der Waals surface area (Å²) in [5.41, 5.74) is 0. The molecule has 3 fully saturated rings. The molecule has 0 aromatic rings. The molecule has 3 aliphatic rings. The minimum absolute atomic E-state index is 0.486. The van der Waals surface area contributed by atoms with E-state index in [1.807, 2.05) is 14.2 Å². The zero-order chi connectivity index (χ0) is 16.1. The fourth-order valence-corrected chi connectivity index (χ4v) is 5.92. The Morgan fingerprint density at radius 3 is 1.52 bits per heavy atom. The molecule has 4 atom stereocenters. The van der Waals surface area contributed by atoms with Crippen LogP contribution in [0, 0.1) is 23.7 Å². The van der Waals surface area contributed by atoms with Crippen LogP contribution in [0.5, 0.6) is 0 Å². The third-order valence-electron chi connectivity index (χ3n) is 7.36. The van der Waals surface area contributed by atoms with Gasteiger partial charge in [-0.1, -0.05) is 51.4 Å². The van der Waals surface area contributed by atoms with Crippen molar-refractivity contribution in [2.75, 3.05) is 14.2 Å². The molecule has 0 bridgehead atoms. The van der Waals surface area contributed by atoms with Gasteiger partial charge in [0.1, 0.15) is 0 Å². The molecular weight excluding hydrogens is 284 g/mol. The van der Waals surface area contributed by atoms with Crippen LogP contribution in [0.25, 0.3) is 0 Å². The third kappa shape index (κ3) is 4.72. The molecule has 0 aromatic heterocycles. The van der Waals surface area contributed by atoms with E-state index in [2.05, 4.69) is 0 Å². The summed E-state index contributed by atoms with van der Waals surface area (Å²) in [6.45, 7) is 0. The van der Waals surface area contributed by atoms with E-state index in [4.69, 9.17) is 9.47 Å². The molecule has 0 heterocycles. The van der Waals surface area contributed by atoms with Gasteiger partial charge in [0.15, 0.2) is 0 Å². The SMILES string of the molecule is COC1CCC(C2CCCC2)CC(OC)CC(C2CCCC2)C1. The van der Waals surface area contributed by atoms with Crippen molar-refractivity contribution in [1.82, 2.24) is 0 Å². The molecule has 2 nitrogen and oxygen atoms in total. The van der Waals surface area contributed by atoms with Gasteiger partial charge in [-0.15, -0.1) is 0 Å². The maximum Gasteiger partial charge on any atom is 0.0576 e. The van der Waals surface area contributed by atoms with Crippen molar-refractivity contribution in [2.45, 2.75) is 95.7 Å². The summed E-state index contributed by atoms with van der Waals surface area (Å²) in [6.07, 6.45) is 19.1. The highest BCUT2D eigenvalue weighted by atomic mass is 16.5. The molecule has 3 aliphatic carbocycles. The van der Waals surface area contributed by atoms with E-state index in [-0.39, 0.29) is 0 Å². The number of rotatable bonds is 4. The minimum atomic E-state index is 0.486. The van der Waals surface area contributed by atoms with Gasteiger partial charge in [0.25, 0.3) is 0 Å². The normalized spacial score (nSPS) is 38.3. The molecule has 0 spiro atoms. The summed E-state index contributed by atoms with van der Waals surface area (Å²) in [4.78, 5) is 0. The van der Waals surface area contributed by atoms with Gasteiger partial charge in [0, 0.05) is 14.2 Å². The molecule has 0 saturated heterocycles. The maximum atomic E-state index is 5.99. The maximum absolute atomic E-state index is 5.99. The van der Waals surface area contributed by atoms with Crippen LogP contribution >= 0.6 is 0 Å². The van der Waals surface area contributed by atoms with E-state index < -0.39 is 0 Å². The Kier molecular flexibility index (Phi) is 6.83. The van der Waals surface area contributed by atoms with Gasteiger partial charge in [-0.25, -0.2) is 0 Å². The van der Waals surface area contributed by atoms with Crippen molar-refractivity contribution >= 4 is 0 Å². The first-order chi connectivity index (χ1) is 11.3. The van der Waals surface area contributed by atoms with Gasteiger partial charge in [-0.05, 0) is 55.8 Å². The van der Waals surface area contributed by atoms with Crippen LogP contribution in [0.3, 0.4) is 0 Å². The Morgan fingerprint density at radius 1 is 0.478 bits per heavy atom. The lowest BCUT2D eigenvalue weighted by atomic mass is 9.80. The molecule has 134 valence electrons. The van der Waals surface area contributed by atoms with E-state index in [0.717, 1.165) is 23.7 Å². The van der Waals surface area contributed by atoms with Gasteiger partial charge in [-0.3, -0.25) is 0 Å². The summed E-state index contributed by atoms with van der Waals surface area (Å²) >= 11 is 0. The summed E-state index contributed by atoms with van der Waals surface area (Å²) < 4.78 is 11.9. The highest BCUT2D eigenvalue weighted by molar-refractivity contribution is 4.86. The number of ether oxygens (including phenoxy) is 2. The first kappa shape index (κ1) is 17.7. The Hall–Kier alpha value is -0.0800. The zero-order valence-electron chi connectivity index (χ0n) is 15.5. The van der Waals surface area contributed by atoms with Crippen LogP contribution in [-0.2, 0) is 9.47 Å². The van der Waals surface area contributed by atoms with Crippen molar-refractivity contribution < 1.29 is 9.47 Å². The first-order valence-corrected chi connectivity index (χ1v) is 10.4. The van der Waals surface area contributed by atoms with E-state index in [9.17, 15) is 0 Å². The smallest absolute Gasteiger partial charge is 0.0576 e. The molecular formula is C21H38O2. The predicted molar refractivity (Wildman–Crippen MR) is 95.6 cm³/mol. The fraction of sp³-hybridized carbons (Fsp3) is 1.00. The van der Waals surface area contributed by atoms with Gasteiger partial charge >= 0.3 is 0 Å². The Labute approximate surface area is 143 Å². The summed E-state index contributed by atoms with van der Waals surface area (Å²) in [6, 6.07) is 0. The Morgan fingerprint density at radius 2 is 0.957 bits per heavy atom. The molecule has 3 saturated carbocycles. The zero-order valence-corrected chi connectivity index (χ0v) is 15.5. The van der Waals surface area contributed by atoms with E-state index in [1.165, 1.54) is 83.5 Å². The Bertz CT molecular complexity index is 331. The van der Waals surface area contributed by atoms with Gasteiger partial charge in [0.2, 0.25) is 0 Å². The van der Waals surface area contributed by atoms with Crippen molar-refractivity contribution in [2.24, 2.45) is 23.7 Å². The average Bonchev–Trinajstić information content (AvgIpc) is 3.27. The molecule has 0 N–H and O–H groups in total. The molecule has 0 aliphatic heterocycles. The van der Waals surface area contributed by atoms with Crippen molar-refractivity contribution in [3.05, 3.63) is 0 Å². The fourth-order valence-electron chi connectivity index (χ4n) is 5.92. The highest BCUT2D eigenvalue weighted by Crippen LogP contribution is 2.42. The minimum Gasteiger partial charge on any atom is -0.381 e. The lowest BCUT2D eigenvalue weighted by Gasteiger charge is -2.30. The largest absolute Gasteiger partial charge is 0.381 e. The van der Waals surface area contributed by atoms with Crippen LogP contribution < -0.4 is 0 Å². The molecule has 0 radical (unpaired) electrons. The van der Waals surface area contributed by atoms with Crippen molar-refractivity contribution in [3.8, 4) is 0 Å². The van der Waals surface area contributed by atoms with E-state index >= 15 is 0 Å². The highest BCUT2D eigenvalue weighted by Gasteiger charge is 2.34. The van der Waals surface area contributed by atoms with Crippen molar-refractivity contribution in [1.29, 1.82) is 0 Å². The topological polar surface area (TPSA) is 18.5 Å². The standard InChI is InChI=1S/C21H38O2/c1-22-20-12-11-18(16-7-3-4-8-16)13-21(23-2)15-19(14-20)17-9-5-6-10-17/h16-21H,3-15H2,1-2H3. The third-order valence-corrected chi connectivity index (χ3v) is 7.36. The molecule has 3 rings (SSSR count). The van der Waals surface area contributed by atoms with Crippen LogP contribution in [0.4, 0.5) is 0 Å². The predicted octanol–water partition coefficient (Wildman–Crippen LogP) is 5.59. The molecule has 0 aromatic carbocycles. The lowest BCUT2D eigenvalue weighted by Crippen LogP contribution is -2.25. The van der Waals surface area contributed by atoms with Crippen LogP contribution in [0.2, 0.25) is 0 Å². The van der Waals surface area contributed by atoms with E-state index in [1.54, 1.807) is 0 Å². The van der Waals surface area contributed by atoms with Gasteiger partial charge in [-0.2, -0.15) is 0 Å². The van der Waals surface area contributed by atoms with Gasteiger partial charge < -0.3 is 9.47 Å². The van der Waals surface area contributed by atoms with E-state index in [0.29, 0.717) is 12.2 Å². The van der Waals surface area contributed by atoms with Crippen molar-refractivity contribution in [3.63, 3.8) is 0 Å². The average molecular weight is 323 g/mol. The van der Waals surface area contributed by atoms with Crippen LogP contribution in [0.1, 0.15) is 83.5 Å². The van der Waals surface area contributed by atoms with Crippen LogP contribution in [-0.4, -0.2) is 26.4 Å². The monoisotopic (exact) mass is 322 g/mol. The second-order valence-electron chi connectivity index (χ2n) is 8.61.